The van der Waals surface area contributed by atoms with E-state index in [2.05, 4.69) is 33.8 Å². The normalized spacial score (nSPS) is 57.6. The molecule has 354 valence electrons. The minimum Gasteiger partial charge on any atom is -0.394 e. The minimum absolute atomic E-state index is 0.0356. The van der Waals surface area contributed by atoms with Crippen LogP contribution in [-0.4, -0.2) is 176 Å². The third-order valence-electron chi connectivity index (χ3n) is 17.7. The van der Waals surface area contributed by atoms with Crippen molar-refractivity contribution in [3.63, 3.8) is 0 Å². The summed E-state index contributed by atoms with van der Waals surface area (Å²) in [6.07, 6.45) is -12.0. The highest BCUT2D eigenvalue weighted by Crippen LogP contribution is 2.70. The Balaban J connectivity index is 0.917. The Bertz CT molecular complexity index is 1610. The molecule has 9 N–H and O–H groups in total. The lowest BCUT2D eigenvalue weighted by atomic mass is 9.47. The molecule has 9 aliphatic rings. The molecule has 17 nitrogen and oxygen atoms in total. The first-order chi connectivity index (χ1) is 29.4. The molecule has 5 heterocycles. The lowest BCUT2D eigenvalue weighted by molar-refractivity contribution is -0.389. The fourth-order valence-electron chi connectivity index (χ4n) is 14.0. The van der Waals surface area contributed by atoms with Gasteiger partial charge in [-0.1, -0.05) is 39.3 Å². The predicted molar refractivity (Wildman–Crippen MR) is 214 cm³/mol. The molecule has 0 radical (unpaired) electrons. The summed E-state index contributed by atoms with van der Waals surface area (Å²) in [6, 6.07) is 0. The first kappa shape index (κ1) is 46.2. The van der Waals surface area contributed by atoms with Gasteiger partial charge in [-0.05, 0) is 98.7 Å². The van der Waals surface area contributed by atoms with Gasteiger partial charge in [-0.15, -0.1) is 0 Å². The molecule has 0 aromatic carbocycles. The van der Waals surface area contributed by atoms with Gasteiger partial charge in [0.05, 0.1) is 38.1 Å². The summed E-state index contributed by atoms with van der Waals surface area (Å²) in [6.45, 7) is 10.4. The molecule has 5 saturated heterocycles. The average molecular weight is 885 g/mol. The van der Waals surface area contributed by atoms with E-state index < -0.39 is 111 Å². The topological polar surface area (TPSA) is 256 Å². The van der Waals surface area contributed by atoms with Crippen molar-refractivity contribution in [2.75, 3.05) is 19.8 Å². The zero-order chi connectivity index (χ0) is 44.2. The van der Waals surface area contributed by atoms with Crippen molar-refractivity contribution in [1.29, 1.82) is 0 Å². The molecule has 26 atom stereocenters. The Kier molecular flexibility index (Phi) is 12.9. The second kappa shape index (κ2) is 17.3. The Morgan fingerprint density at radius 1 is 0.677 bits per heavy atom. The van der Waals surface area contributed by atoms with E-state index in [4.69, 9.17) is 37.9 Å². The first-order valence-electron chi connectivity index (χ1n) is 23.4. The zero-order valence-electron chi connectivity index (χ0n) is 36.6. The Labute approximate surface area is 363 Å². The minimum atomic E-state index is -1.82. The number of ether oxygens (including phenoxy) is 8. The van der Waals surface area contributed by atoms with Gasteiger partial charge < -0.3 is 83.9 Å². The summed E-state index contributed by atoms with van der Waals surface area (Å²) in [5.41, 5.74) is 1.48. The lowest BCUT2D eigenvalue weighted by Crippen LogP contribution is -2.67. The lowest BCUT2D eigenvalue weighted by Gasteiger charge is -2.58. The predicted octanol–water partition coefficient (Wildman–Crippen LogP) is 0.214. The molecule has 4 aliphatic carbocycles. The van der Waals surface area contributed by atoms with Gasteiger partial charge in [0.1, 0.15) is 67.1 Å². The highest BCUT2D eigenvalue weighted by Gasteiger charge is 2.69. The Morgan fingerprint density at radius 2 is 1.35 bits per heavy atom. The summed E-state index contributed by atoms with van der Waals surface area (Å²) in [7, 11) is 0. The van der Waals surface area contributed by atoms with E-state index in [0.717, 1.165) is 51.6 Å². The summed E-state index contributed by atoms with van der Waals surface area (Å²) < 4.78 is 49.9. The molecular weight excluding hydrogens is 812 g/mol. The Hall–Kier alpha value is -0.940. The maximum Gasteiger partial charge on any atom is 0.187 e. The number of hydrogen-bond donors (Lipinski definition) is 9. The van der Waals surface area contributed by atoms with Crippen molar-refractivity contribution < 1.29 is 83.9 Å². The summed E-state index contributed by atoms with van der Waals surface area (Å²) in [4.78, 5) is 0. The van der Waals surface area contributed by atoms with Gasteiger partial charge in [-0.25, -0.2) is 0 Å². The van der Waals surface area contributed by atoms with Crippen molar-refractivity contribution in [2.45, 2.75) is 203 Å². The number of aliphatic hydroxyl groups excluding tert-OH is 9. The maximum absolute atomic E-state index is 12.0. The molecule has 62 heavy (non-hydrogen) atoms. The van der Waals surface area contributed by atoms with Crippen molar-refractivity contribution in [3.8, 4) is 0 Å². The molecule has 8 fully saturated rings. The molecule has 17 heteroatoms. The highest BCUT2D eigenvalue weighted by atomic mass is 16.8. The molecule has 5 aliphatic heterocycles. The molecule has 0 aromatic heterocycles. The van der Waals surface area contributed by atoms with E-state index in [-0.39, 0.29) is 23.0 Å². The quantitative estimate of drug-likeness (QED) is 0.148. The number of aliphatic hydroxyl groups is 9. The Morgan fingerprint density at radius 3 is 2.05 bits per heavy atom. The summed E-state index contributed by atoms with van der Waals surface area (Å²) >= 11 is 0. The van der Waals surface area contributed by atoms with Gasteiger partial charge in [0, 0.05) is 12.3 Å². The summed E-state index contributed by atoms with van der Waals surface area (Å²) in [5.74, 6) is 2.56. The van der Waals surface area contributed by atoms with Crippen molar-refractivity contribution in [3.05, 3.63) is 11.6 Å². The third-order valence-corrected chi connectivity index (χ3v) is 17.7. The van der Waals surface area contributed by atoms with E-state index in [0.29, 0.717) is 48.3 Å². The van der Waals surface area contributed by atoms with Crippen LogP contribution in [0.1, 0.15) is 92.4 Å². The van der Waals surface area contributed by atoms with Gasteiger partial charge in [-0.2, -0.15) is 0 Å². The van der Waals surface area contributed by atoms with Crippen LogP contribution in [0.2, 0.25) is 0 Å². The molecule has 0 amide bonds. The monoisotopic (exact) mass is 884 g/mol. The van der Waals surface area contributed by atoms with Crippen LogP contribution in [0.5, 0.6) is 0 Å². The smallest absolute Gasteiger partial charge is 0.187 e. The maximum atomic E-state index is 12.0. The molecule has 1 spiro atoms. The van der Waals surface area contributed by atoms with E-state index in [9.17, 15) is 46.0 Å². The van der Waals surface area contributed by atoms with Gasteiger partial charge in [0.15, 0.2) is 24.7 Å². The van der Waals surface area contributed by atoms with Crippen molar-refractivity contribution >= 4 is 0 Å². The van der Waals surface area contributed by atoms with E-state index in [1.54, 1.807) is 0 Å². The second-order valence-electron chi connectivity index (χ2n) is 21.1. The average Bonchev–Trinajstić information content (AvgIpc) is 3.70. The number of allylic oxidation sites excluding steroid dienone is 1. The van der Waals surface area contributed by atoms with Gasteiger partial charge in [0.25, 0.3) is 0 Å². The van der Waals surface area contributed by atoms with E-state index >= 15 is 0 Å². The highest BCUT2D eigenvalue weighted by molar-refractivity contribution is 5.26. The molecule has 3 saturated carbocycles. The van der Waals surface area contributed by atoms with Crippen LogP contribution in [0.4, 0.5) is 0 Å². The number of hydrogen-bond acceptors (Lipinski definition) is 17. The fourth-order valence-corrected chi connectivity index (χ4v) is 14.0. The second-order valence-corrected chi connectivity index (χ2v) is 21.1. The zero-order valence-corrected chi connectivity index (χ0v) is 36.6. The van der Waals surface area contributed by atoms with Gasteiger partial charge >= 0.3 is 0 Å². The largest absolute Gasteiger partial charge is 0.394 e. The van der Waals surface area contributed by atoms with Crippen molar-refractivity contribution in [1.82, 2.24) is 0 Å². The first-order valence-corrected chi connectivity index (χ1v) is 23.4. The van der Waals surface area contributed by atoms with Crippen LogP contribution in [0.3, 0.4) is 0 Å². The van der Waals surface area contributed by atoms with Crippen LogP contribution < -0.4 is 0 Å². The SMILES string of the molecule is CC1CCC2(OC1)OC1C[C@H]3[C@@H]4CC=C5C[C@@H](O[C@@H]6O[C@H](CO)[C@@H](O[C@@H]7O[C@H](CO)[C@@H](O)[C@H](O)[C@H]7O)[C@H](O)[C@H]6O[C@@H]6O[C@@H](C)[C@H](O)[C@@H](O)[C@H]6O)CC[C@]5(C)[C@H]4CC[C@]3(C)[C@H]1[C@@H]2C. The van der Waals surface area contributed by atoms with E-state index in [1.165, 1.54) is 12.5 Å². The van der Waals surface area contributed by atoms with Crippen LogP contribution >= 0.6 is 0 Å². The molecule has 0 aromatic rings. The van der Waals surface area contributed by atoms with Gasteiger partial charge in [0.2, 0.25) is 0 Å². The summed E-state index contributed by atoms with van der Waals surface area (Å²) in [5, 5.41) is 95.7. The van der Waals surface area contributed by atoms with Crippen LogP contribution in [-0.2, 0) is 37.9 Å². The van der Waals surface area contributed by atoms with E-state index in [1.807, 2.05) is 0 Å². The third kappa shape index (κ3) is 7.49. The molecule has 0 bridgehead atoms. The standard InChI is InChI=1S/C45H72O17/c1-19-8-13-45(55-18-19)20(2)30-27(62-45)15-26-24-7-6-22-14-23(9-11-43(22,4)25(24)10-12-44(26,30)5)57-42-39(61-40-35(52)33(50)31(48)21(3)56-40)37(54)38(29(17-47)59-42)60-41-36(53)34(51)32(49)28(16-46)58-41/h6,19-21,23-42,46-54H,7-18H2,1-5H3/t19?,20-,21-,23-,24+,25-,26-,27?,28+,29+,30-,31-,32+,33+,34-,35+,36+,37-,38+,39+,40-,41-,42+,43-,44-,45?/m0/s1. The number of fused-ring (bicyclic) bond motifs is 7. The molecule has 3 unspecified atom stereocenters. The fraction of sp³-hybridized carbons (Fsp3) is 0.956. The van der Waals surface area contributed by atoms with Crippen LogP contribution in [0.15, 0.2) is 11.6 Å². The number of rotatable bonds is 8. The van der Waals surface area contributed by atoms with Gasteiger partial charge in [-0.3, -0.25) is 0 Å². The molecular formula is C45H72O17. The van der Waals surface area contributed by atoms with Crippen molar-refractivity contribution in [2.24, 2.45) is 46.3 Å². The molecule has 9 rings (SSSR count). The van der Waals surface area contributed by atoms with Crippen LogP contribution in [0, 0.1) is 46.3 Å². The van der Waals surface area contributed by atoms with Crippen LogP contribution in [0.25, 0.3) is 0 Å².